The molecule has 2 aromatic rings. The van der Waals surface area contributed by atoms with Crippen molar-refractivity contribution in [1.82, 2.24) is 19.7 Å². The Balaban J connectivity index is 2.04. The van der Waals surface area contributed by atoms with Crippen molar-refractivity contribution in [2.24, 2.45) is 0 Å². The van der Waals surface area contributed by atoms with E-state index in [-0.39, 0.29) is 12.2 Å². The van der Waals surface area contributed by atoms with Crippen LogP contribution < -0.4 is 4.74 Å². The van der Waals surface area contributed by atoms with Crippen LogP contribution in [0.1, 0.15) is 29.5 Å². The lowest BCUT2D eigenvalue weighted by Gasteiger charge is -2.07. The van der Waals surface area contributed by atoms with E-state index in [1.807, 2.05) is 6.92 Å². The Bertz CT molecular complexity index is 568. The van der Waals surface area contributed by atoms with E-state index in [2.05, 4.69) is 15.1 Å². The third-order valence-corrected chi connectivity index (χ3v) is 2.46. The van der Waals surface area contributed by atoms with Crippen LogP contribution in [0.2, 0.25) is 0 Å². The Morgan fingerprint density at radius 3 is 3.05 bits per heavy atom. The second kappa shape index (κ2) is 5.94. The summed E-state index contributed by atoms with van der Waals surface area (Å²) in [6, 6.07) is 1.43. The summed E-state index contributed by atoms with van der Waals surface area (Å²) in [7, 11) is 0. The Kier molecular flexibility index (Phi) is 4.07. The fourth-order valence-electron chi connectivity index (χ4n) is 1.56. The van der Waals surface area contributed by atoms with Crippen molar-refractivity contribution in [3.63, 3.8) is 0 Å². The highest BCUT2D eigenvalue weighted by molar-refractivity contribution is 5.87. The van der Waals surface area contributed by atoms with Gasteiger partial charge in [-0.3, -0.25) is 4.98 Å². The Morgan fingerprint density at radius 1 is 1.47 bits per heavy atom. The molecule has 0 saturated carbocycles. The third-order valence-electron chi connectivity index (χ3n) is 2.46. The zero-order valence-electron chi connectivity index (χ0n) is 10.5. The van der Waals surface area contributed by atoms with Crippen LogP contribution in [0, 0.1) is 0 Å². The number of ether oxygens (including phenoxy) is 1. The van der Waals surface area contributed by atoms with Gasteiger partial charge in [0.05, 0.1) is 11.8 Å². The van der Waals surface area contributed by atoms with Crippen LogP contribution in [-0.4, -0.2) is 30.8 Å². The third kappa shape index (κ3) is 3.27. The summed E-state index contributed by atoms with van der Waals surface area (Å²) in [5.74, 6) is 0.0561. The lowest BCUT2D eigenvalue weighted by Crippen LogP contribution is -2.09. The average molecular weight is 262 g/mol. The van der Waals surface area contributed by atoms with Gasteiger partial charge in [0.1, 0.15) is 18.7 Å². The first kappa shape index (κ1) is 13.0. The number of carbonyl (C=O) groups is 1. The van der Waals surface area contributed by atoms with E-state index in [1.165, 1.54) is 24.8 Å². The van der Waals surface area contributed by atoms with Crippen LogP contribution >= 0.6 is 0 Å². The molecule has 0 radical (unpaired) electrons. The zero-order chi connectivity index (χ0) is 13.7. The van der Waals surface area contributed by atoms with Gasteiger partial charge in [-0.2, -0.15) is 5.10 Å². The number of aromatic carboxylic acids is 1. The van der Waals surface area contributed by atoms with Crippen molar-refractivity contribution in [3.05, 3.63) is 36.2 Å². The van der Waals surface area contributed by atoms with Gasteiger partial charge in [-0.05, 0) is 12.5 Å². The topological polar surface area (TPSA) is 90.1 Å². The predicted molar refractivity (Wildman–Crippen MR) is 65.8 cm³/mol. The van der Waals surface area contributed by atoms with E-state index < -0.39 is 5.97 Å². The van der Waals surface area contributed by atoms with Crippen LogP contribution in [0.3, 0.4) is 0 Å². The minimum Gasteiger partial charge on any atom is -0.484 e. The minimum absolute atomic E-state index is 0.0903. The number of aryl methyl sites for hydroxylation is 1. The number of hydrogen-bond donors (Lipinski definition) is 1. The fraction of sp³-hybridized carbons (Fsp3) is 0.333. The molecule has 0 aliphatic rings. The highest BCUT2D eigenvalue weighted by Gasteiger charge is 2.07. The number of pyridine rings is 1. The normalized spacial score (nSPS) is 10.4. The van der Waals surface area contributed by atoms with Crippen LogP contribution in [0.4, 0.5) is 0 Å². The van der Waals surface area contributed by atoms with Crippen molar-refractivity contribution in [2.45, 2.75) is 26.5 Å². The monoisotopic (exact) mass is 262 g/mol. The highest BCUT2D eigenvalue weighted by atomic mass is 16.5. The number of nitrogens with zero attached hydrogens (tertiary/aromatic N) is 4. The molecule has 0 aliphatic heterocycles. The molecule has 1 N–H and O–H groups in total. The smallest absolute Gasteiger partial charge is 0.337 e. The molecule has 2 rings (SSSR count). The predicted octanol–water partition coefficient (Wildman–Crippen LogP) is 1.36. The molecule has 7 heteroatoms. The summed E-state index contributed by atoms with van der Waals surface area (Å²) in [4.78, 5) is 18.7. The van der Waals surface area contributed by atoms with Gasteiger partial charge in [0, 0.05) is 12.7 Å². The van der Waals surface area contributed by atoms with Crippen molar-refractivity contribution in [2.75, 3.05) is 0 Å². The second-order valence-corrected chi connectivity index (χ2v) is 3.90. The van der Waals surface area contributed by atoms with Crippen molar-refractivity contribution >= 4 is 5.97 Å². The molecular formula is C12H14N4O3. The van der Waals surface area contributed by atoms with E-state index in [9.17, 15) is 4.79 Å². The summed E-state index contributed by atoms with van der Waals surface area (Å²) in [6.07, 6.45) is 5.16. The van der Waals surface area contributed by atoms with E-state index in [1.54, 1.807) is 4.68 Å². The molecule has 0 saturated heterocycles. The summed E-state index contributed by atoms with van der Waals surface area (Å²) >= 11 is 0. The number of hydrogen-bond acceptors (Lipinski definition) is 5. The van der Waals surface area contributed by atoms with Gasteiger partial charge >= 0.3 is 5.97 Å². The Labute approximate surface area is 109 Å². The number of carboxylic acid groups (broad SMARTS) is 1. The number of aromatic nitrogens is 4. The van der Waals surface area contributed by atoms with Gasteiger partial charge in [-0.1, -0.05) is 6.92 Å². The SMILES string of the molecule is CCCn1ncnc1COc1cncc(C(=O)O)c1. The molecule has 0 atom stereocenters. The molecule has 100 valence electrons. The van der Waals surface area contributed by atoms with E-state index in [4.69, 9.17) is 9.84 Å². The maximum absolute atomic E-state index is 10.8. The summed E-state index contributed by atoms with van der Waals surface area (Å²) in [5.41, 5.74) is 0.0903. The molecule has 0 fully saturated rings. The Morgan fingerprint density at radius 2 is 2.32 bits per heavy atom. The molecular weight excluding hydrogens is 248 g/mol. The molecule has 0 aliphatic carbocycles. The summed E-state index contributed by atoms with van der Waals surface area (Å²) < 4.78 is 7.24. The average Bonchev–Trinajstić information content (AvgIpc) is 2.85. The molecule has 0 spiro atoms. The summed E-state index contributed by atoms with van der Waals surface area (Å²) in [5, 5.41) is 12.9. The van der Waals surface area contributed by atoms with Crippen molar-refractivity contribution in [3.8, 4) is 5.75 Å². The molecule has 2 aromatic heterocycles. The number of carboxylic acids is 1. The van der Waals surface area contributed by atoms with Crippen LogP contribution in [0.15, 0.2) is 24.8 Å². The second-order valence-electron chi connectivity index (χ2n) is 3.90. The lowest BCUT2D eigenvalue weighted by molar-refractivity contribution is 0.0696. The molecule has 0 aromatic carbocycles. The van der Waals surface area contributed by atoms with Crippen molar-refractivity contribution in [1.29, 1.82) is 0 Å². The molecule has 0 unspecified atom stereocenters. The quantitative estimate of drug-likeness (QED) is 0.845. The minimum atomic E-state index is -1.04. The van der Waals surface area contributed by atoms with Crippen LogP contribution in [0.25, 0.3) is 0 Å². The lowest BCUT2D eigenvalue weighted by atomic mass is 10.3. The molecule has 7 nitrogen and oxygen atoms in total. The van der Waals surface area contributed by atoms with Gasteiger partial charge in [0.15, 0.2) is 5.82 Å². The largest absolute Gasteiger partial charge is 0.484 e. The first-order valence-corrected chi connectivity index (χ1v) is 5.88. The van der Waals surface area contributed by atoms with E-state index in [0.29, 0.717) is 11.6 Å². The van der Waals surface area contributed by atoms with E-state index in [0.717, 1.165) is 13.0 Å². The van der Waals surface area contributed by atoms with Crippen molar-refractivity contribution < 1.29 is 14.6 Å². The standard InChI is InChI=1S/C12H14N4O3/c1-2-3-16-11(14-8-15-16)7-19-10-4-9(12(17)18)5-13-6-10/h4-6,8H,2-3,7H2,1H3,(H,17,18). The Hall–Kier alpha value is -2.44. The van der Waals surface area contributed by atoms with Crippen LogP contribution in [0.5, 0.6) is 5.75 Å². The maximum Gasteiger partial charge on any atom is 0.337 e. The van der Waals surface area contributed by atoms with Gasteiger partial charge in [-0.25, -0.2) is 14.5 Å². The summed E-state index contributed by atoms with van der Waals surface area (Å²) in [6.45, 7) is 3.05. The van der Waals surface area contributed by atoms with E-state index >= 15 is 0 Å². The molecule has 0 amide bonds. The first-order valence-electron chi connectivity index (χ1n) is 5.88. The van der Waals surface area contributed by atoms with Crippen LogP contribution in [-0.2, 0) is 13.2 Å². The molecule has 0 bridgehead atoms. The highest BCUT2D eigenvalue weighted by Crippen LogP contribution is 2.12. The zero-order valence-corrected chi connectivity index (χ0v) is 10.5. The maximum atomic E-state index is 10.8. The van der Waals surface area contributed by atoms with Gasteiger partial charge < -0.3 is 9.84 Å². The number of rotatable bonds is 6. The molecule has 2 heterocycles. The van der Waals surface area contributed by atoms with Gasteiger partial charge in [-0.15, -0.1) is 0 Å². The van der Waals surface area contributed by atoms with Gasteiger partial charge in [0.25, 0.3) is 0 Å². The molecule has 19 heavy (non-hydrogen) atoms. The first-order chi connectivity index (χ1) is 9.20. The fourth-order valence-corrected chi connectivity index (χ4v) is 1.56. The van der Waals surface area contributed by atoms with Gasteiger partial charge in [0.2, 0.25) is 0 Å².